The van der Waals surface area contributed by atoms with Crippen molar-refractivity contribution in [1.29, 1.82) is 0 Å². The highest BCUT2D eigenvalue weighted by molar-refractivity contribution is 5.95. The molecule has 0 amide bonds. The van der Waals surface area contributed by atoms with E-state index in [1.807, 2.05) is 6.92 Å². The summed E-state index contributed by atoms with van der Waals surface area (Å²) in [5.74, 6) is -2.25. The number of epoxide rings is 1. The highest BCUT2D eigenvalue weighted by Gasteiger charge is 2.67. The Balaban J connectivity index is 2.04. The molecule has 0 unspecified atom stereocenters. The van der Waals surface area contributed by atoms with E-state index in [-0.39, 0.29) is 24.2 Å². The Bertz CT molecular complexity index is 913. The van der Waals surface area contributed by atoms with Crippen LogP contribution in [0.5, 0.6) is 0 Å². The van der Waals surface area contributed by atoms with Crippen LogP contribution in [0.4, 0.5) is 0 Å². The summed E-state index contributed by atoms with van der Waals surface area (Å²) < 4.78 is 22.7. The Kier molecular flexibility index (Phi) is 6.74. The van der Waals surface area contributed by atoms with Gasteiger partial charge in [-0.1, -0.05) is 24.3 Å². The molecule has 0 aromatic carbocycles. The van der Waals surface area contributed by atoms with E-state index in [1.54, 1.807) is 26.0 Å². The lowest BCUT2D eigenvalue weighted by molar-refractivity contribution is -0.151. The number of carbonyl (C=O) groups is 4. The van der Waals surface area contributed by atoms with Gasteiger partial charge >= 0.3 is 17.9 Å². The average Bonchev–Trinajstić information content (AvgIpc) is 3.30. The Labute approximate surface area is 187 Å². The molecule has 2 fully saturated rings. The van der Waals surface area contributed by atoms with Crippen LogP contribution < -0.4 is 0 Å². The minimum absolute atomic E-state index is 0.0629. The first-order chi connectivity index (χ1) is 14.9. The van der Waals surface area contributed by atoms with Crippen LogP contribution in [0.25, 0.3) is 0 Å². The number of Topliss-reactive ketones (excluding diaryl/α,β-unsaturated/α-hetero) is 1. The van der Waals surface area contributed by atoms with Crippen LogP contribution in [0.2, 0.25) is 0 Å². The standard InChI is InChI=1S/C24H30O8/c1-12-7-9-17(27)13(2)8-10-19(30-16(5)26)24(6)22(32-24)21-20(14(3)23(28)31-21)18(11-12)29-15(4)25/h7-8,18-22H,3,9-11H2,1-2,4-6H3/b12-7+,13-8-/t18-,19-,20-,21+,22+,24+/m1/s1. The molecule has 32 heavy (non-hydrogen) atoms. The molecular weight excluding hydrogens is 416 g/mol. The zero-order chi connectivity index (χ0) is 23.8. The van der Waals surface area contributed by atoms with Crippen LogP contribution in [-0.4, -0.2) is 53.7 Å². The fraction of sp³-hybridized carbons (Fsp3) is 0.583. The molecule has 3 aliphatic rings. The van der Waals surface area contributed by atoms with Crippen molar-refractivity contribution >= 4 is 23.7 Å². The van der Waals surface area contributed by atoms with Gasteiger partial charge in [0.05, 0.1) is 5.92 Å². The predicted molar refractivity (Wildman–Crippen MR) is 113 cm³/mol. The van der Waals surface area contributed by atoms with Crippen LogP contribution in [0, 0.1) is 5.92 Å². The van der Waals surface area contributed by atoms with Crippen LogP contribution in [-0.2, 0) is 38.1 Å². The summed E-state index contributed by atoms with van der Waals surface area (Å²) in [5.41, 5.74) is 0.668. The molecule has 0 N–H and O–H groups in total. The van der Waals surface area contributed by atoms with Gasteiger partial charge < -0.3 is 18.9 Å². The first-order valence-corrected chi connectivity index (χ1v) is 10.7. The largest absolute Gasteiger partial charge is 0.461 e. The predicted octanol–water partition coefficient (Wildman–Crippen LogP) is 2.75. The summed E-state index contributed by atoms with van der Waals surface area (Å²) in [7, 11) is 0. The molecule has 2 saturated heterocycles. The molecule has 0 spiro atoms. The van der Waals surface area contributed by atoms with Gasteiger partial charge in [0, 0.05) is 38.7 Å². The van der Waals surface area contributed by atoms with Crippen molar-refractivity contribution in [2.45, 2.75) is 83.9 Å². The van der Waals surface area contributed by atoms with E-state index in [4.69, 9.17) is 18.9 Å². The minimum atomic E-state index is -0.935. The van der Waals surface area contributed by atoms with Gasteiger partial charge in [-0.25, -0.2) is 4.79 Å². The second-order valence-corrected chi connectivity index (χ2v) is 8.89. The van der Waals surface area contributed by atoms with E-state index in [0.717, 1.165) is 5.57 Å². The molecule has 174 valence electrons. The maximum Gasteiger partial charge on any atom is 0.334 e. The maximum absolute atomic E-state index is 12.6. The molecule has 0 aromatic heterocycles. The van der Waals surface area contributed by atoms with Gasteiger partial charge in [0.15, 0.2) is 5.78 Å². The molecule has 2 aliphatic heterocycles. The van der Waals surface area contributed by atoms with Gasteiger partial charge in [0.1, 0.15) is 30.0 Å². The van der Waals surface area contributed by atoms with Crippen molar-refractivity contribution in [3.63, 3.8) is 0 Å². The Hall–Kier alpha value is -2.74. The minimum Gasteiger partial charge on any atom is -0.461 e. The Morgan fingerprint density at radius 1 is 1.12 bits per heavy atom. The van der Waals surface area contributed by atoms with Crippen LogP contribution >= 0.6 is 0 Å². The molecule has 8 heteroatoms. The molecule has 3 rings (SSSR count). The molecule has 8 nitrogen and oxygen atoms in total. The number of hydrogen-bond acceptors (Lipinski definition) is 8. The van der Waals surface area contributed by atoms with Crippen molar-refractivity contribution in [2.75, 3.05) is 0 Å². The topological polar surface area (TPSA) is 108 Å². The number of ketones is 1. The molecule has 0 aromatic rings. The van der Waals surface area contributed by atoms with Gasteiger partial charge in [-0.3, -0.25) is 14.4 Å². The van der Waals surface area contributed by atoms with Gasteiger partial charge in [-0.15, -0.1) is 0 Å². The van der Waals surface area contributed by atoms with Crippen molar-refractivity contribution in [1.82, 2.24) is 0 Å². The van der Waals surface area contributed by atoms with Crippen molar-refractivity contribution < 1.29 is 38.1 Å². The molecule has 6 atom stereocenters. The summed E-state index contributed by atoms with van der Waals surface area (Å²) in [6, 6.07) is 0. The second kappa shape index (κ2) is 9.02. The number of carbonyl (C=O) groups excluding carboxylic acids is 4. The van der Waals surface area contributed by atoms with E-state index >= 15 is 0 Å². The second-order valence-electron chi connectivity index (χ2n) is 8.89. The number of hydrogen-bond donors (Lipinski definition) is 0. The van der Waals surface area contributed by atoms with Crippen LogP contribution in [0.15, 0.2) is 35.5 Å². The van der Waals surface area contributed by atoms with E-state index < -0.39 is 53.8 Å². The number of allylic oxidation sites excluding steroid dienone is 2. The zero-order valence-corrected chi connectivity index (χ0v) is 19.1. The van der Waals surface area contributed by atoms with Crippen molar-refractivity contribution in [3.8, 4) is 0 Å². The first kappa shape index (κ1) is 23.9. The number of rotatable bonds is 2. The zero-order valence-electron chi connectivity index (χ0n) is 19.1. The van der Waals surface area contributed by atoms with E-state index in [1.165, 1.54) is 13.8 Å². The summed E-state index contributed by atoms with van der Waals surface area (Å²) in [4.78, 5) is 48.6. The molecule has 0 bridgehead atoms. The Morgan fingerprint density at radius 2 is 1.78 bits per heavy atom. The third-order valence-corrected chi connectivity index (χ3v) is 6.35. The number of ether oxygens (including phenoxy) is 4. The van der Waals surface area contributed by atoms with E-state index in [9.17, 15) is 19.2 Å². The van der Waals surface area contributed by atoms with Gasteiger partial charge in [-0.2, -0.15) is 0 Å². The smallest absolute Gasteiger partial charge is 0.334 e. The average molecular weight is 446 g/mol. The van der Waals surface area contributed by atoms with Crippen molar-refractivity contribution in [2.24, 2.45) is 5.92 Å². The van der Waals surface area contributed by atoms with Crippen molar-refractivity contribution in [3.05, 3.63) is 35.5 Å². The monoisotopic (exact) mass is 446 g/mol. The highest BCUT2D eigenvalue weighted by atomic mass is 16.7. The fourth-order valence-corrected chi connectivity index (χ4v) is 4.47. The number of fused-ring (bicyclic) bond motifs is 3. The molecule has 0 radical (unpaired) electrons. The van der Waals surface area contributed by atoms with Gasteiger partial charge in [0.25, 0.3) is 0 Å². The third-order valence-electron chi connectivity index (χ3n) is 6.35. The first-order valence-electron chi connectivity index (χ1n) is 10.7. The summed E-state index contributed by atoms with van der Waals surface area (Å²) in [6.45, 7) is 11.8. The third kappa shape index (κ3) is 4.85. The van der Waals surface area contributed by atoms with E-state index in [0.29, 0.717) is 12.0 Å². The lowest BCUT2D eigenvalue weighted by atomic mass is 9.82. The summed E-state index contributed by atoms with van der Waals surface area (Å²) in [5, 5.41) is 0. The highest BCUT2D eigenvalue weighted by Crippen LogP contribution is 2.50. The molecular formula is C24H30O8. The summed E-state index contributed by atoms with van der Waals surface area (Å²) in [6.07, 6.45) is 1.55. The number of esters is 3. The normalized spacial score (nSPS) is 38.7. The lowest BCUT2D eigenvalue weighted by Crippen LogP contribution is -2.41. The summed E-state index contributed by atoms with van der Waals surface area (Å²) >= 11 is 0. The van der Waals surface area contributed by atoms with Gasteiger partial charge in [0.2, 0.25) is 0 Å². The molecule has 0 saturated carbocycles. The quantitative estimate of drug-likeness (QED) is 0.209. The fourth-order valence-electron chi connectivity index (χ4n) is 4.47. The molecule has 1 aliphatic carbocycles. The van der Waals surface area contributed by atoms with Crippen LogP contribution in [0.3, 0.4) is 0 Å². The van der Waals surface area contributed by atoms with E-state index in [2.05, 4.69) is 6.58 Å². The van der Waals surface area contributed by atoms with Crippen LogP contribution in [0.1, 0.15) is 53.9 Å². The SMILES string of the molecule is C=C1C(=O)O[C@H]2[C@H]1[C@H](OC(C)=O)C/C(C)=C/CC(=O)/C(C)=C\C[C@@H](OC(C)=O)[C@]1(C)O[C@@H]21. The lowest BCUT2D eigenvalue weighted by Gasteiger charge is -2.28. The molecule has 2 heterocycles. The van der Waals surface area contributed by atoms with Gasteiger partial charge in [-0.05, 0) is 26.3 Å². The Morgan fingerprint density at radius 3 is 2.41 bits per heavy atom. The maximum atomic E-state index is 12.6.